The molecule has 0 bridgehead atoms. The number of aromatic nitrogens is 1. The number of hydrogen-bond donors (Lipinski definition) is 0. The molecule has 0 N–H and O–H groups in total. The van der Waals surface area contributed by atoms with Crippen LogP contribution in [0.4, 0.5) is 0 Å². The fourth-order valence-electron chi connectivity index (χ4n) is 2.73. The van der Waals surface area contributed by atoms with Crippen LogP contribution in [0.25, 0.3) is 22.0 Å². The molecule has 0 amide bonds. The summed E-state index contributed by atoms with van der Waals surface area (Å²) in [5.74, 6) is 0.861. The molecule has 1 aromatic heterocycles. The van der Waals surface area contributed by atoms with E-state index in [2.05, 4.69) is 49.2 Å². The summed E-state index contributed by atoms with van der Waals surface area (Å²) in [7, 11) is 1.69. The second-order valence-electron chi connectivity index (χ2n) is 5.44. The molecule has 0 radical (unpaired) electrons. The molecule has 1 heterocycles. The van der Waals surface area contributed by atoms with E-state index in [1.54, 1.807) is 7.11 Å². The van der Waals surface area contributed by atoms with E-state index in [9.17, 15) is 0 Å². The van der Waals surface area contributed by atoms with Crippen LogP contribution in [0.1, 0.15) is 16.8 Å². The van der Waals surface area contributed by atoms with Crippen LogP contribution < -0.4 is 4.74 Å². The largest absolute Gasteiger partial charge is 0.497 e. The van der Waals surface area contributed by atoms with Crippen LogP contribution in [0.15, 0.2) is 42.5 Å². The average molecular weight is 277 g/mol. The Hall–Kier alpha value is -2.35. The van der Waals surface area contributed by atoms with E-state index in [0.29, 0.717) is 0 Å². The molecule has 0 unspecified atom stereocenters. The monoisotopic (exact) mass is 277 g/mol. The third-order valence-electron chi connectivity index (χ3n) is 4.04. The van der Waals surface area contributed by atoms with Crippen molar-refractivity contribution in [1.29, 1.82) is 0 Å². The normalized spacial score (nSPS) is 10.9. The first-order valence-corrected chi connectivity index (χ1v) is 7.12. The van der Waals surface area contributed by atoms with E-state index < -0.39 is 0 Å². The summed E-state index contributed by atoms with van der Waals surface area (Å²) < 4.78 is 5.37. The van der Waals surface area contributed by atoms with Crippen molar-refractivity contribution in [1.82, 2.24) is 4.98 Å². The van der Waals surface area contributed by atoms with E-state index in [1.807, 2.05) is 19.1 Å². The van der Waals surface area contributed by atoms with Crippen molar-refractivity contribution in [3.8, 4) is 16.9 Å². The Morgan fingerprint density at radius 3 is 2.48 bits per heavy atom. The first kappa shape index (κ1) is 13.6. The van der Waals surface area contributed by atoms with Crippen LogP contribution >= 0.6 is 0 Å². The average Bonchev–Trinajstić information content (AvgIpc) is 2.49. The smallest absolute Gasteiger partial charge is 0.119 e. The van der Waals surface area contributed by atoms with Crippen molar-refractivity contribution in [2.75, 3.05) is 7.11 Å². The standard InChI is InChI=1S/C19H19NO/c1-12-6-5-7-16(14(12)3)17-10-13(2)20-19-9-8-15(21-4)11-18(17)19/h5-11H,1-4H3. The fraction of sp³-hybridized carbons (Fsp3) is 0.211. The summed E-state index contributed by atoms with van der Waals surface area (Å²) in [5, 5.41) is 1.13. The van der Waals surface area contributed by atoms with E-state index in [0.717, 1.165) is 22.3 Å². The Bertz CT molecular complexity index is 821. The van der Waals surface area contributed by atoms with Gasteiger partial charge in [0.1, 0.15) is 5.75 Å². The van der Waals surface area contributed by atoms with Gasteiger partial charge in [-0.05, 0) is 67.3 Å². The summed E-state index contributed by atoms with van der Waals surface area (Å²) in [4.78, 5) is 4.63. The highest BCUT2D eigenvalue weighted by molar-refractivity contribution is 5.96. The quantitative estimate of drug-likeness (QED) is 0.669. The minimum atomic E-state index is 0.861. The molecule has 3 aromatic rings. The third kappa shape index (κ3) is 2.38. The van der Waals surface area contributed by atoms with Crippen molar-refractivity contribution in [2.45, 2.75) is 20.8 Å². The van der Waals surface area contributed by atoms with E-state index >= 15 is 0 Å². The zero-order valence-electron chi connectivity index (χ0n) is 12.9. The zero-order chi connectivity index (χ0) is 15.0. The summed E-state index contributed by atoms with van der Waals surface area (Å²) in [6.07, 6.45) is 0. The molecule has 2 nitrogen and oxygen atoms in total. The Kier molecular flexibility index (Phi) is 3.38. The van der Waals surface area contributed by atoms with Gasteiger partial charge in [0.2, 0.25) is 0 Å². The molecule has 0 aliphatic rings. The molecule has 0 aliphatic heterocycles. The number of hydrogen-bond acceptors (Lipinski definition) is 2. The number of pyridine rings is 1. The Balaban J connectivity index is 2.37. The van der Waals surface area contributed by atoms with E-state index in [4.69, 9.17) is 4.74 Å². The summed E-state index contributed by atoms with van der Waals surface area (Å²) in [6.45, 7) is 6.36. The Labute approximate surface area is 125 Å². The Morgan fingerprint density at radius 2 is 1.71 bits per heavy atom. The lowest BCUT2D eigenvalue weighted by atomic mass is 9.94. The molecular formula is C19H19NO. The molecular weight excluding hydrogens is 258 g/mol. The van der Waals surface area contributed by atoms with Gasteiger partial charge in [0.15, 0.2) is 0 Å². The first-order chi connectivity index (χ1) is 10.1. The first-order valence-electron chi connectivity index (χ1n) is 7.12. The van der Waals surface area contributed by atoms with Gasteiger partial charge in [0, 0.05) is 11.1 Å². The van der Waals surface area contributed by atoms with Crippen LogP contribution in [-0.4, -0.2) is 12.1 Å². The number of rotatable bonds is 2. The minimum Gasteiger partial charge on any atom is -0.497 e. The van der Waals surface area contributed by atoms with Crippen molar-refractivity contribution in [3.63, 3.8) is 0 Å². The second kappa shape index (κ2) is 5.21. The summed E-state index contributed by atoms with van der Waals surface area (Å²) >= 11 is 0. The van der Waals surface area contributed by atoms with Crippen molar-refractivity contribution in [3.05, 3.63) is 59.3 Å². The van der Waals surface area contributed by atoms with E-state index in [1.165, 1.54) is 22.3 Å². The van der Waals surface area contributed by atoms with Gasteiger partial charge < -0.3 is 4.74 Å². The van der Waals surface area contributed by atoms with Gasteiger partial charge in [-0.25, -0.2) is 0 Å². The van der Waals surface area contributed by atoms with Gasteiger partial charge in [0.25, 0.3) is 0 Å². The number of methoxy groups -OCH3 is 1. The fourth-order valence-corrected chi connectivity index (χ4v) is 2.73. The van der Waals surface area contributed by atoms with Gasteiger partial charge in [-0.15, -0.1) is 0 Å². The van der Waals surface area contributed by atoms with Crippen molar-refractivity contribution < 1.29 is 4.74 Å². The molecule has 0 spiro atoms. The number of aryl methyl sites for hydroxylation is 2. The number of nitrogens with zero attached hydrogens (tertiary/aromatic N) is 1. The predicted molar refractivity (Wildman–Crippen MR) is 87.9 cm³/mol. The van der Waals surface area contributed by atoms with Gasteiger partial charge in [-0.3, -0.25) is 4.98 Å². The molecule has 0 saturated carbocycles. The highest BCUT2D eigenvalue weighted by Gasteiger charge is 2.10. The maximum absolute atomic E-state index is 5.37. The number of fused-ring (bicyclic) bond motifs is 1. The van der Waals surface area contributed by atoms with Crippen molar-refractivity contribution in [2.24, 2.45) is 0 Å². The molecule has 2 aromatic carbocycles. The van der Waals surface area contributed by atoms with E-state index in [-0.39, 0.29) is 0 Å². The Morgan fingerprint density at radius 1 is 0.905 bits per heavy atom. The summed E-state index contributed by atoms with van der Waals surface area (Å²) in [6, 6.07) is 14.6. The molecule has 2 heteroatoms. The lowest BCUT2D eigenvalue weighted by Gasteiger charge is -2.13. The maximum Gasteiger partial charge on any atom is 0.119 e. The van der Waals surface area contributed by atoms with Gasteiger partial charge in [-0.2, -0.15) is 0 Å². The highest BCUT2D eigenvalue weighted by Crippen LogP contribution is 2.33. The van der Waals surface area contributed by atoms with Gasteiger partial charge in [-0.1, -0.05) is 18.2 Å². The molecule has 21 heavy (non-hydrogen) atoms. The zero-order valence-corrected chi connectivity index (χ0v) is 12.9. The predicted octanol–water partition coefficient (Wildman–Crippen LogP) is 4.84. The lowest BCUT2D eigenvalue weighted by molar-refractivity contribution is 0.415. The highest BCUT2D eigenvalue weighted by atomic mass is 16.5. The van der Waals surface area contributed by atoms with Crippen molar-refractivity contribution >= 4 is 10.9 Å². The molecule has 0 aliphatic carbocycles. The number of benzene rings is 2. The minimum absolute atomic E-state index is 0.861. The van der Waals surface area contributed by atoms with Crippen LogP contribution in [0, 0.1) is 20.8 Å². The maximum atomic E-state index is 5.37. The lowest BCUT2D eigenvalue weighted by Crippen LogP contribution is -1.93. The second-order valence-corrected chi connectivity index (χ2v) is 5.44. The molecule has 0 atom stereocenters. The number of ether oxygens (including phenoxy) is 1. The SMILES string of the molecule is COc1ccc2nc(C)cc(-c3cccc(C)c3C)c2c1. The van der Waals surface area contributed by atoms with Gasteiger partial charge in [0.05, 0.1) is 12.6 Å². The molecule has 0 fully saturated rings. The molecule has 106 valence electrons. The third-order valence-corrected chi connectivity index (χ3v) is 4.04. The van der Waals surface area contributed by atoms with Crippen LogP contribution in [0.5, 0.6) is 5.75 Å². The van der Waals surface area contributed by atoms with Gasteiger partial charge >= 0.3 is 0 Å². The topological polar surface area (TPSA) is 22.1 Å². The van der Waals surface area contributed by atoms with Crippen LogP contribution in [-0.2, 0) is 0 Å². The summed E-state index contributed by atoms with van der Waals surface area (Å²) in [5.41, 5.74) is 7.14. The van der Waals surface area contributed by atoms with Crippen LogP contribution in [0.3, 0.4) is 0 Å². The van der Waals surface area contributed by atoms with Crippen LogP contribution in [0.2, 0.25) is 0 Å². The molecule has 0 saturated heterocycles. The molecule has 3 rings (SSSR count).